The summed E-state index contributed by atoms with van der Waals surface area (Å²) in [6.45, 7) is 0.341. The van der Waals surface area contributed by atoms with Crippen LogP contribution in [0.3, 0.4) is 0 Å². The van der Waals surface area contributed by atoms with Crippen LogP contribution in [0.4, 0.5) is 13.2 Å². The lowest BCUT2D eigenvalue weighted by molar-refractivity contribution is -0.321. The summed E-state index contributed by atoms with van der Waals surface area (Å²) in [4.78, 5) is 66.9. The lowest BCUT2D eigenvalue weighted by atomic mass is 9.92. The van der Waals surface area contributed by atoms with Crippen molar-refractivity contribution in [1.82, 2.24) is 20.4 Å². The van der Waals surface area contributed by atoms with Gasteiger partial charge in [-0.3, -0.25) is 28.7 Å². The molecule has 37 heavy (non-hydrogen) atoms. The minimum atomic E-state index is -5.04. The highest BCUT2D eigenvalue weighted by molar-refractivity contribution is 6.35. The molecule has 3 heterocycles. The number of ketones is 1. The molecule has 4 aliphatic rings. The summed E-state index contributed by atoms with van der Waals surface area (Å²) in [6.07, 6.45) is -2.62. The van der Waals surface area contributed by atoms with Crippen LogP contribution in [0.2, 0.25) is 0 Å². The second-order valence-electron chi connectivity index (χ2n) is 9.94. The molecule has 1 saturated carbocycles. The molecule has 4 fully saturated rings. The largest absolute Gasteiger partial charge is 0.522 e. The van der Waals surface area contributed by atoms with Gasteiger partial charge in [0.2, 0.25) is 11.8 Å². The molecule has 0 radical (unpaired) electrons. The lowest BCUT2D eigenvalue weighted by Crippen LogP contribution is -2.56. The van der Waals surface area contributed by atoms with Gasteiger partial charge in [-0.15, -0.1) is 13.2 Å². The molecule has 0 aromatic heterocycles. The summed E-state index contributed by atoms with van der Waals surface area (Å²) in [5, 5.41) is 5.10. The topological polar surface area (TPSA) is 134 Å². The highest BCUT2D eigenvalue weighted by Crippen LogP contribution is 2.42. The molecule has 0 bridgehead atoms. The molecule has 3 aliphatic heterocycles. The minimum absolute atomic E-state index is 0.000475. The number of halogens is 3. The summed E-state index contributed by atoms with van der Waals surface area (Å²) in [6, 6.07) is -2.46. The lowest BCUT2D eigenvalue weighted by Gasteiger charge is -2.32. The number of nitrogens with zero attached hydrogens (tertiary/aromatic N) is 2. The number of hydrogen-bond donors (Lipinski definition) is 2. The molecule has 5 atom stereocenters. The maximum Gasteiger partial charge on any atom is 0.522 e. The van der Waals surface area contributed by atoms with Gasteiger partial charge in [-0.05, 0) is 37.5 Å². The average molecular weight is 533 g/mol. The van der Waals surface area contributed by atoms with Crippen LogP contribution in [0, 0.1) is 17.8 Å². The number of carbonyl (C=O) groups excluding carboxylic acids is 5. The Morgan fingerprint density at radius 3 is 2.49 bits per heavy atom. The number of ether oxygens (including phenoxy) is 2. The van der Waals surface area contributed by atoms with E-state index in [9.17, 15) is 37.1 Å². The molecule has 4 amide bonds. The quantitative estimate of drug-likeness (QED) is 0.426. The van der Waals surface area contributed by atoms with E-state index in [4.69, 9.17) is 4.74 Å². The first kappa shape index (κ1) is 27.3. The SMILES string of the molecule is O=C1NCCC1CC(NC(=O)[C@@H]1C2CCCC2CN1C(=O)C(=O)N1CCOCC1)C(=O)COC(F)(F)F. The highest BCUT2D eigenvalue weighted by atomic mass is 19.4. The van der Waals surface area contributed by atoms with E-state index in [2.05, 4.69) is 15.4 Å². The number of carbonyl (C=O) groups is 5. The second kappa shape index (κ2) is 11.3. The molecule has 4 rings (SSSR count). The first-order valence-electron chi connectivity index (χ1n) is 12.5. The first-order chi connectivity index (χ1) is 17.5. The van der Waals surface area contributed by atoms with Gasteiger partial charge in [0.15, 0.2) is 5.78 Å². The molecule has 11 nitrogen and oxygen atoms in total. The smallest absolute Gasteiger partial charge is 0.378 e. The van der Waals surface area contributed by atoms with Crippen molar-refractivity contribution in [3.05, 3.63) is 0 Å². The van der Waals surface area contributed by atoms with Gasteiger partial charge >= 0.3 is 18.2 Å². The van der Waals surface area contributed by atoms with Gasteiger partial charge in [-0.25, -0.2) is 0 Å². The van der Waals surface area contributed by atoms with Crippen LogP contribution in [-0.4, -0.2) is 104 Å². The Balaban J connectivity index is 1.50. The molecular formula is C23H31F3N4O7. The normalized spacial score (nSPS) is 28.6. The number of fused-ring (bicyclic) bond motifs is 1. The van der Waals surface area contributed by atoms with Crippen molar-refractivity contribution >= 4 is 29.4 Å². The molecule has 14 heteroatoms. The average Bonchev–Trinajstić information content (AvgIpc) is 3.57. The van der Waals surface area contributed by atoms with Crippen LogP contribution in [0.25, 0.3) is 0 Å². The molecule has 0 spiro atoms. The van der Waals surface area contributed by atoms with Crippen LogP contribution >= 0.6 is 0 Å². The van der Waals surface area contributed by atoms with E-state index in [0.717, 1.165) is 12.8 Å². The number of alkyl halides is 3. The Kier molecular flexibility index (Phi) is 8.36. The highest BCUT2D eigenvalue weighted by Gasteiger charge is 2.51. The number of rotatable bonds is 7. The minimum Gasteiger partial charge on any atom is -0.378 e. The Labute approximate surface area is 211 Å². The van der Waals surface area contributed by atoms with E-state index in [0.29, 0.717) is 32.6 Å². The zero-order chi connectivity index (χ0) is 26.7. The van der Waals surface area contributed by atoms with Crippen molar-refractivity contribution in [1.29, 1.82) is 0 Å². The van der Waals surface area contributed by atoms with Crippen molar-refractivity contribution in [2.24, 2.45) is 17.8 Å². The van der Waals surface area contributed by atoms with Gasteiger partial charge in [-0.1, -0.05) is 6.42 Å². The van der Waals surface area contributed by atoms with Crippen molar-refractivity contribution in [3.63, 3.8) is 0 Å². The van der Waals surface area contributed by atoms with Crippen LogP contribution in [0.15, 0.2) is 0 Å². The van der Waals surface area contributed by atoms with E-state index < -0.39 is 54.5 Å². The standard InChI is InChI=1S/C23H31F3N4O7/c24-23(25,26)37-12-17(31)16(10-13-4-5-27-19(13)32)28-20(33)18-15-3-1-2-14(15)11-30(18)22(35)21(34)29-6-8-36-9-7-29/h13-16,18H,1-12H2,(H,27,32)(H,28,33)/t13?,14?,15?,16?,18-/m0/s1. The number of Topliss-reactive ketones (excluding diaryl/α,β-unsaturated/α-hetero) is 1. The van der Waals surface area contributed by atoms with Gasteiger partial charge in [-0.2, -0.15) is 0 Å². The van der Waals surface area contributed by atoms with Crippen molar-refractivity contribution < 1.29 is 46.6 Å². The molecule has 3 saturated heterocycles. The summed E-state index contributed by atoms with van der Waals surface area (Å²) in [7, 11) is 0. The predicted molar refractivity (Wildman–Crippen MR) is 118 cm³/mol. The van der Waals surface area contributed by atoms with E-state index in [1.54, 1.807) is 0 Å². The Hall–Kier alpha value is -2.74. The molecular weight excluding hydrogens is 501 g/mol. The Bertz CT molecular complexity index is 925. The zero-order valence-electron chi connectivity index (χ0n) is 20.3. The number of likely N-dealkylation sites (tertiary alicyclic amines) is 1. The van der Waals surface area contributed by atoms with E-state index >= 15 is 0 Å². The summed E-state index contributed by atoms with van der Waals surface area (Å²) in [5.41, 5.74) is 0. The number of nitrogens with one attached hydrogen (secondary N) is 2. The Morgan fingerprint density at radius 1 is 1.11 bits per heavy atom. The van der Waals surface area contributed by atoms with E-state index in [1.165, 1.54) is 9.80 Å². The molecule has 0 aromatic rings. The Morgan fingerprint density at radius 2 is 1.84 bits per heavy atom. The fourth-order valence-corrected chi connectivity index (χ4v) is 5.81. The van der Waals surface area contributed by atoms with Gasteiger partial charge in [0.05, 0.1) is 19.3 Å². The monoisotopic (exact) mass is 532 g/mol. The summed E-state index contributed by atoms with van der Waals surface area (Å²) >= 11 is 0. The molecule has 4 unspecified atom stereocenters. The summed E-state index contributed by atoms with van der Waals surface area (Å²) in [5.74, 6) is -4.57. The first-order valence-corrected chi connectivity index (χ1v) is 12.5. The fraction of sp³-hybridized carbons (Fsp3) is 0.783. The molecule has 2 N–H and O–H groups in total. The second-order valence-corrected chi connectivity index (χ2v) is 9.94. The van der Waals surface area contributed by atoms with Crippen LogP contribution < -0.4 is 10.6 Å². The van der Waals surface area contributed by atoms with E-state index in [-0.39, 0.29) is 43.8 Å². The maximum atomic E-state index is 13.5. The third-order valence-corrected chi connectivity index (χ3v) is 7.67. The van der Waals surface area contributed by atoms with Crippen LogP contribution in [0.5, 0.6) is 0 Å². The van der Waals surface area contributed by atoms with Crippen molar-refractivity contribution in [2.75, 3.05) is 46.0 Å². The zero-order valence-corrected chi connectivity index (χ0v) is 20.3. The van der Waals surface area contributed by atoms with Gasteiger partial charge in [0.25, 0.3) is 0 Å². The maximum absolute atomic E-state index is 13.5. The molecule has 206 valence electrons. The van der Waals surface area contributed by atoms with Crippen LogP contribution in [-0.2, 0) is 33.4 Å². The number of amides is 4. The fourth-order valence-electron chi connectivity index (χ4n) is 5.81. The van der Waals surface area contributed by atoms with Crippen LogP contribution in [0.1, 0.15) is 32.1 Å². The van der Waals surface area contributed by atoms with Gasteiger partial charge in [0.1, 0.15) is 12.6 Å². The number of morpholine rings is 1. The third kappa shape index (κ3) is 6.40. The molecule has 0 aromatic carbocycles. The van der Waals surface area contributed by atoms with Crippen molar-refractivity contribution in [2.45, 2.75) is 50.6 Å². The van der Waals surface area contributed by atoms with Gasteiger partial charge in [0, 0.05) is 32.1 Å². The van der Waals surface area contributed by atoms with Crippen molar-refractivity contribution in [3.8, 4) is 0 Å². The predicted octanol–water partition coefficient (Wildman–Crippen LogP) is -0.411. The van der Waals surface area contributed by atoms with E-state index in [1.807, 2.05) is 0 Å². The third-order valence-electron chi connectivity index (χ3n) is 7.67. The molecule has 1 aliphatic carbocycles. The summed E-state index contributed by atoms with van der Waals surface area (Å²) < 4.78 is 46.6. The number of hydrogen-bond acceptors (Lipinski definition) is 7. The van der Waals surface area contributed by atoms with Gasteiger partial charge < -0.3 is 25.2 Å².